The molecule has 5 nitrogen and oxygen atoms in total. The summed E-state index contributed by atoms with van der Waals surface area (Å²) in [6.07, 6.45) is 4.69. The van der Waals surface area contributed by atoms with Crippen LogP contribution in [0.25, 0.3) is 16.9 Å². The van der Waals surface area contributed by atoms with Crippen molar-refractivity contribution < 1.29 is 0 Å². The highest BCUT2D eigenvalue weighted by atomic mass is 15.2. The number of para-hydroxylation sites is 2. The average Bonchev–Trinajstić information content (AvgIpc) is 2.90. The van der Waals surface area contributed by atoms with Crippen molar-refractivity contribution in [2.75, 3.05) is 11.9 Å². The van der Waals surface area contributed by atoms with Crippen LogP contribution < -0.4 is 5.32 Å². The fourth-order valence-electron chi connectivity index (χ4n) is 2.13. The monoisotopic (exact) mass is 267 g/mol. The maximum atomic E-state index is 4.60. The molecule has 1 aromatic carbocycles. The first-order valence-corrected chi connectivity index (χ1v) is 6.79. The Balaban J connectivity index is 2.08. The van der Waals surface area contributed by atoms with Gasteiger partial charge in [-0.05, 0) is 25.5 Å². The molecule has 0 unspecified atom stereocenters. The molecule has 1 N–H and O–H groups in total. The molecule has 2 heterocycles. The quantitative estimate of drug-likeness (QED) is 0.789. The number of anilines is 1. The summed E-state index contributed by atoms with van der Waals surface area (Å²) >= 11 is 0. The van der Waals surface area contributed by atoms with Crippen LogP contribution in [0.3, 0.4) is 0 Å². The Labute approximate surface area is 117 Å². The van der Waals surface area contributed by atoms with Crippen LogP contribution in [-0.4, -0.2) is 26.1 Å². The molecule has 0 fully saturated rings. The van der Waals surface area contributed by atoms with Gasteiger partial charge in [-0.3, -0.25) is 4.57 Å². The van der Waals surface area contributed by atoms with E-state index in [1.807, 2.05) is 48.3 Å². The SMILES string of the molecule is CCCNc1ncc(C)c(-n2cnc3ccccc32)n1. The zero-order valence-electron chi connectivity index (χ0n) is 11.7. The van der Waals surface area contributed by atoms with Gasteiger partial charge in [-0.2, -0.15) is 4.98 Å². The molecular formula is C15H17N5. The number of aryl methyl sites for hydroxylation is 1. The van der Waals surface area contributed by atoms with Crippen LogP contribution in [0.5, 0.6) is 0 Å². The highest BCUT2D eigenvalue weighted by Crippen LogP contribution is 2.19. The molecule has 0 atom stereocenters. The van der Waals surface area contributed by atoms with Crippen molar-refractivity contribution in [3.8, 4) is 5.82 Å². The molecule has 3 aromatic rings. The number of nitrogens with one attached hydrogen (secondary N) is 1. The lowest BCUT2D eigenvalue weighted by Crippen LogP contribution is -2.08. The van der Waals surface area contributed by atoms with E-state index in [1.54, 1.807) is 0 Å². The summed E-state index contributed by atoms with van der Waals surface area (Å²) < 4.78 is 2.00. The van der Waals surface area contributed by atoms with Crippen LogP contribution in [0.2, 0.25) is 0 Å². The Kier molecular flexibility index (Phi) is 3.33. The Morgan fingerprint density at radius 2 is 2.05 bits per heavy atom. The van der Waals surface area contributed by atoms with Gasteiger partial charge >= 0.3 is 0 Å². The molecule has 20 heavy (non-hydrogen) atoms. The van der Waals surface area contributed by atoms with Gasteiger partial charge < -0.3 is 5.32 Å². The number of aromatic nitrogens is 4. The van der Waals surface area contributed by atoms with Crippen LogP contribution in [0, 0.1) is 6.92 Å². The average molecular weight is 267 g/mol. The van der Waals surface area contributed by atoms with E-state index >= 15 is 0 Å². The van der Waals surface area contributed by atoms with Crippen LogP contribution >= 0.6 is 0 Å². The summed E-state index contributed by atoms with van der Waals surface area (Å²) in [5.74, 6) is 1.53. The molecule has 0 saturated carbocycles. The van der Waals surface area contributed by atoms with E-state index in [9.17, 15) is 0 Å². The summed E-state index contributed by atoms with van der Waals surface area (Å²) in [6.45, 7) is 4.99. The van der Waals surface area contributed by atoms with Crippen molar-refractivity contribution in [1.29, 1.82) is 0 Å². The predicted octanol–water partition coefficient (Wildman–Crippen LogP) is 2.95. The van der Waals surface area contributed by atoms with Gasteiger partial charge in [0, 0.05) is 18.3 Å². The summed E-state index contributed by atoms with van der Waals surface area (Å²) in [5, 5.41) is 3.22. The smallest absolute Gasteiger partial charge is 0.224 e. The van der Waals surface area contributed by atoms with E-state index in [0.717, 1.165) is 35.4 Å². The molecule has 0 bridgehead atoms. The third-order valence-corrected chi connectivity index (χ3v) is 3.16. The number of imidazole rings is 1. The summed E-state index contributed by atoms with van der Waals surface area (Å²) in [4.78, 5) is 13.3. The van der Waals surface area contributed by atoms with Crippen molar-refractivity contribution in [3.63, 3.8) is 0 Å². The number of fused-ring (bicyclic) bond motifs is 1. The molecule has 5 heteroatoms. The summed E-state index contributed by atoms with van der Waals surface area (Å²) in [5.41, 5.74) is 3.04. The van der Waals surface area contributed by atoms with Gasteiger partial charge in [-0.15, -0.1) is 0 Å². The van der Waals surface area contributed by atoms with E-state index in [-0.39, 0.29) is 0 Å². The fourth-order valence-corrected chi connectivity index (χ4v) is 2.13. The van der Waals surface area contributed by atoms with Gasteiger partial charge in [0.05, 0.1) is 11.0 Å². The molecule has 0 aliphatic heterocycles. The molecule has 0 aliphatic rings. The van der Waals surface area contributed by atoms with E-state index in [2.05, 4.69) is 27.2 Å². The maximum absolute atomic E-state index is 4.60. The third kappa shape index (κ3) is 2.22. The number of hydrogen-bond acceptors (Lipinski definition) is 4. The molecule has 102 valence electrons. The van der Waals surface area contributed by atoms with Crippen LogP contribution in [0.1, 0.15) is 18.9 Å². The minimum Gasteiger partial charge on any atom is -0.354 e. The van der Waals surface area contributed by atoms with Crippen LogP contribution in [0.15, 0.2) is 36.8 Å². The van der Waals surface area contributed by atoms with Crippen LogP contribution in [-0.2, 0) is 0 Å². The van der Waals surface area contributed by atoms with E-state index < -0.39 is 0 Å². The van der Waals surface area contributed by atoms with Gasteiger partial charge in [0.15, 0.2) is 0 Å². The van der Waals surface area contributed by atoms with Gasteiger partial charge in [-0.1, -0.05) is 19.1 Å². The first-order chi connectivity index (χ1) is 9.79. The fraction of sp³-hybridized carbons (Fsp3) is 0.267. The third-order valence-electron chi connectivity index (χ3n) is 3.16. The second-order valence-corrected chi connectivity index (χ2v) is 4.73. The molecule has 0 aliphatic carbocycles. The van der Waals surface area contributed by atoms with E-state index in [4.69, 9.17) is 0 Å². The molecule has 0 radical (unpaired) electrons. The molecule has 0 spiro atoms. The number of benzene rings is 1. The molecule has 0 amide bonds. The molecule has 3 rings (SSSR count). The normalized spacial score (nSPS) is 10.9. The number of hydrogen-bond donors (Lipinski definition) is 1. The number of rotatable bonds is 4. The Morgan fingerprint density at radius 3 is 2.90 bits per heavy atom. The van der Waals surface area contributed by atoms with Gasteiger partial charge in [0.25, 0.3) is 0 Å². The van der Waals surface area contributed by atoms with Crippen molar-refractivity contribution in [2.45, 2.75) is 20.3 Å². The topological polar surface area (TPSA) is 55.6 Å². The summed E-state index contributed by atoms with van der Waals surface area (Å²) in [7, 11) is 0. The maximum Gasteiger partial charge on any atom is 0.224 e. The number of nitrogens with zero attached hydrogens (tertiary/aromatic N) is 4. The van der Waals surface area contributed by atoms with Crippen molar-refractivity contribution in [2.24, 2.45) is 0 Å². The van der Waals surface area contributed by atoms with E-state index in [1.165, 1.54) is 0 Å². The second kappa shape index (κ2) is 5.28. The lowest BCUT2D eigenvalue weighted by Gasteiger charge is -2.09. The molecular weight excluding hydrogens is 250 g/mol. The Hall–Kier alpha value is -2.43. The van der Waals surface area contributed by atoms with Crippen molar-refractivity contribution in [3.05, 3.63) is 42.4 Å². The minimum atomic E-state index is 0.658. The lowest BCUT2D eigenvalue weighted by atomic mass is 10.3. The van der Waals surface area contributed by atoms with Crippen molar-refractivity contribution in [1.82, 2.24) is 19.5 Å². The zero-order chi connectivity index (χ0) is 13.9. The highest BCUT2D eigenvalue weighted by molar-refractivity contribution is 5.77. The molecule has 0 saturated heterocycles. The highest BCUT2D eigenvalue weighted by Gasteiger charge is 2.09. The van der Waals surface area contributed by atoms with Gasteiger partial charge in [0.1, 0.15) is 12.1 Å². The summed E-state index contributed by atoms with van der Waals surface area (Å²) in [6, 6.07) is 8.04. The Morgan fingerprint density at radius 1 is 1.20 bits per heavy atom. The van der Waals surface area contributed by atoms with Crippen molar-refractivity contribution >= 4 is 17.0 Å². The molecule has 2 aromatic heterocycles. The lowest BCUT2D eigenvalue weighted by molar-refractivity contribution is 0.925. The Bertz CT molecular complexity index is 732. The standard InChI is InChI=1S/C15H17N5/c1-3-8-16-15-17-9-11(2)14(19-15)20-10-18-12-6-4-5-7-13(12)20/h4-7,9-10H,3,8H2,1-2H3,(H,16,17,19). The second-order valence-electron chi connectivity index (χ2n) is 4.73. The van der Waals surface area contributed by atoms with Crippen LogP contribution in [0.4, 0.5) is 5.95 Å². The first kappa shape index (κ1) is 12.6. The largest absolute Gasteiger partial charge is 0.354 e. The zero-order valence-corrected chi connectivity index (χ0v) is 11.7. The van der Waals surface area contributed by atoms with Gasteiger partial charge in [0.2, 0.25) is 5.95 Å². The van der Waals surface area contributed by atoms with Gasteiger partial charge in [-0.25, -0.2) is 9.97 Å². The first-order valence-electron chi connectivity index (χ1n) is 6.79. The predicted molar refractivity (Wildman–Crippen MR) is 80.2 cm³/mol. The minimum absolute atomic E-state index is 0.658. The van der Waals surface area contributed by atoms with E-state index in [0.29, 0.717) is 5.95 Å².